The Morgan fingerprint density at radius 2 is 1.02 bits per heavy atom. The fourth-order valence-electron chi connectivity index (χ4n) is 8.27. The van der Waals surface area contributed by atoms with Crippen LogP contribution in [0.3, 0.4) is 0 Å². The summed E-state index contributed by atoms with van der Waals surface area (Å²) in [5.41, 5.74) is 10.9. The Labute approximate surface area is 342 Å². The van der Waals surface area contributed by atoms with Gasteiger partial charge in [-0.05, 0) is 77.9 Å². The van der Waals surface area contributed by atoms with E-state index >= 15 is 0 Å². The minimum Gasteiger partial charge on any atom is -0.436 e. The second-order valence-electron chi connectivity index (χ2n) is 14.7. The highest BCUT2D eigenvalue weighted by Crippen LogP contribution is 2.42. The van der Waals surface area contributed by atoms with Crippen LogP contribution in [0.1, 0.15) is 0 Å². The number of oxazole rings is 1. The van der Waals surface area contributed by atoms with E-state index in [9.17, 15) is 0 Å². The molecule has 0 N–H and O–H groups in total. The highest BCUT2D eigenvalue weighted by Gasteiger charge is 2.18. The van der Waals surface area contributed by atoms with Gasteiger partial charge in [-0.15, -0.1) is 11.3 Å². The van der Waals surface area contributed by atoms with Crippen molar-refractivity contribution in [3.05, 3.63) is 188 Å². The van der Waals surface area contributed by atoms with Gasteiger partial charge in [0.15, 0.2) is 23.1 Å². The maximum atomic E-state index is 6.34. The van der Waals surface area contributed by atoms with Crippen molar-refractivity contribution in [3.63, 3.8) is 0 Å². The third kappa shape index (κ3) is 5.62. The van der Waals surface area contributed by atoms with Gasteiger partial charge in [-0.1, -0.05) is 121 Å². The van der Waals surface area contributed by atoms with Gasteiger partial charge >= 0.3 is 0 Å². The zero-order valence-electron chi connectivity index (χ0n) is 31.5. The molecule has 0 aliphatic rings. The Morgan fingerprint density at radius 1 is 0.407 bits per heavy atom. The lowest BCUT2D eigenvalue weighted by atomic mass is 10.0. The largest absolute Gasteiger partial charge is 0.436 e. The normalized spacial score (nSPS) is 11.7. The molecule has 7 heteroatoms. The van der Waals surface area contributed by atoms with E-state index < -0.39 is 0 Å². The molecule has 0 bridgehead atoms. The van der Waals surface area contributed by atoms with E-state index in [1.807, 2.05) is 90.2 Å². The Balaban J connectivity index is 0.903. The number of hydrogen-bond donors (Lipinski definition) is 0. The van der Waals surface area contributed by atoms with Gasteiger partial charge in [-0.2, -0.15) is 0 Å². The van der Waals surface area contributed by atoms with Crippen LogP contribution in [-0.4, -0.2) is 24.5 Å². The van der Waals surface area contributed by atoms with Crippen LogP contribution in [-0.2, 0) is 0 Å². The SMILES string of the molecule is c1ccc(-c2nc(-c3ccccc3)nc(-c3ccc4oc(-c5ccc(-n6c7ccccc7c7cc(-c8cccc9c8sc8ccccc89)ccc76)cc5)nc4c3)n2)cc1. The highest BCUT2D eigenvalue weighted by molar-refractivity contribution is 7.26. The second-order valence-corrected chi connectivity index (χ2v) is 15.7. The molecule has 6 nitrogen and oxygen atoms in total. The minimum atomic E-state index is 0.552. The van der Waals surface area contributed by atoms with E-state index in [0.717, 1.165) is 44.5 Å². The molecule has 0 radical (unpaired) electrons. The van der Waals surface area contributed by atoms with Crippen LogP contribution in [0.15, 0.2) is 192 Å². The standard InChI is InChI=1S/C52H31N5OS/c1-3-12-32(13-4-1)49-54-50(33-14-5-2-6-15-33)56-51(55-49)36-25-29-46-43(31-36)53-52(58-46)34-22-26-37(27-23-34)57-44-20-9-7-16-39(44)42-30-35(24-28-45(42)57)38-18-11-19-41-40-17-8-10-21-47(40)59-48(38)41/h1-31H. The van der Waals surface area contributed by atoms with E-state index in [1.54, 1.807) is 0 Å². The van der Waals surface area contributed by atoms with Crippen molar-refractivity contribution in [2.24, 2.45) is 0 Å². The maximum absolute atomic E-state index is 6.34. The predicted octanol–water partition coefficient (Wildman–Crippen LogP) is 13.8. The molecule has 0 saturated heterocycles. The number of hydrogen-bond acceptors (Lipinski definition) is 6. The molecule has 0 aliphatic carbocycles. The molecule has 59 heavy (non-hydrogen) atoms. The summed E-state index contributed by atoms with van der Waals surface area (Å²) in [4.78, 5) is 19.6. The van der Waals surface area contributed by atoms with Crippen LogP contribution < -0.4 is 0 Å². The van der Waals surface area contributed by atoms with Crippen molar-refractivity contribution in [2.75, 3.05) is 0 Å². The lowest BCUT2D eigenvalue weighted by Gasteiger charge is -2.09. The van der Waals surface area contributed by atoms with Gasteiger partial charge in [0.2, 0.25) is 5.89 Å². The van der Waals surface area contributed by atoms with Crippen LogP contribution in [0, 0.1) is 0 Å². The summed E-state index contributed by atoms with van der Waals surface area (Å²) in [6, 6.07) is 65.3. The van der Waals surface area contributed by atoms with Crippen LogP contribution in [0.4, 0.5) is 0 Å². The van der Waals surface area contributed by atoms with Gasteiger partial charge in [0, 0.05) is 58.9 Å². The fourth-order valence-corrected chi connectivity index (χ4v) is 9.51. The van der Waals surface area contributed by atoms with Crippen molar-refractivity contribution in [1.82, 2.24) is 24.5 Å². The molecule has 0 aliphatic heterocycles. The second kappa shape index (κ2) is 13.4. The molecule has 0 atom stereocenters. The third-order valence-corrected chi connectivity index (χ3v) is 12.3. The van der Waals surface area contributed by atoms with Gasteiger partial charge in [0.1, 0.15) is 5.52 Å². The fraction of sp³-hybridized carbons (Fsp3) is 0. The summed E-state index contributed by atoms with van der Waals surface area (Å²) >= 11 is 1.87. The summed E-state index contributed by atoms with van der Waals surface area (Å²) in [5, 5.41) is 5.06. The Kier molecular flexibility index (Phi) is 7.61. The Morgan fingerprint density at radius 3 is 1.78 bits per heavy atom. The van der Waals surface area contributed by atoms with Crippen molar-refractivity contribution in [2.45, 2.75) is 0 Å². The van der Waals surface area contributed by atoms with E-state index in [2.05, 4.69) is 114 Å². The first-order chi connectivity index (χ1) is 29.2. The average Bonchev–Trinajstić information content (AvgIpc) is 4.01. The summed E-state index contributed by atoms with van der Waals surface area (Å²) in [7, 11) is 0. The van der Waals surface area contributed by atoms with Gasteiger partial charge in [-0.25, -0.2) is 19.9 Å². The highest BCUT2D eigenvalue weighted by atomic mass is 32.1. The number of thiophene rings is 1. The van der Waals surface area contributed by atoms with Crippen molar-refractivity contribution in [1.29, 1.82) is 0 Å². The van der Waals surface area contributed by atoms with Crippen LogP contribution in [0.25, 0.3) is 116 Å². The topological polar surface area (TPSA) is 69.6 Å². The number of benzene rings is 8. The lowest BCUT2D eigenvalue weighted by molar-refractivity contribution is 0.620. The third-order valence-electron chi connectivity index (χ3n) is 11.1. The van der Waals surface area contributed by atoms with Crippen LogP contribution in [0.5, 0.6) is 0 Å². The lowest BCUT2D eigenvalue weighted by Crippen LogP contribution is -2.00. The molecule has 8 aromatic carbocycles. The number of rotatable bonds is 6. The van der Waals surface area contributed by atoms with Crippen LogP contribution in [0.2, 0.25) is 0 Å². The molecule has 12 rings (SSSR count). The molecule has 276 valence electrons. The molecular weight excluding hydrogens is 743 g/mol. The predicted molar refractivity (Wildman–Crippen MR) is 242 cm³/mol. The monoisotopic (exact) mass is 773 g/mol. The van der Waals surface area contributed by atoms with E-state index in [-0.39, 0.29) is 0 Å². The minimum absolute atomic E-state index is 0.552. The molecule has 0 unspecified atom stereocenters. The zero-order valence-corrected chi connectivity index (χ0v) is 32.3. The quantitative estimate of drug-likeness (QED) is 0.168. The smallest absolute Gasteiger partial charge is 0.227 e. The Bertz CT molecular complexity index is 3490. The number of para-hydroxylation sites is 1. The maximum Gasteiger partial charge on any atom is 0.227 e. The average molecular weight is 774 g/mol. The number of aromatic nitrogens is 5. The first-order valence-corrected chi connectivity index (χ1v) is 20.4. The van der Waals surface area contributed by atoms with E-state index in [1.165, 1.54) is 42.1 Å². The molecule has 12 aromatic rings. The Hall–Kier alpha value is -7.74. The molecule has 0 saturated carbocycles. The molecule has 0 spiro atoms. The zero-order chi connectivity index (χ0) is 38.9. The van der Waals surface area contributed by atoms with Crippen molar-refractivity contribution < 1.29 is 4.42 Å². The van der Waals surface area contributed by atoms with Crippen LogP contribution >= 0.6 is 11.3 Å². The molecule has 0 fully saturated rings. The summed E-state index contributed by atoms with van der Waals surface area (Å²) in [6.07, 6.45) is 0. The van der Waals surface area contributed by atoms with Gasteiger partial charge in [-0.3, -0.25) is 0 Å². The van der Waals surface area contributed by atoms with Crippen molar-refractivity contribution >= 4 is 64.4 Å². The molecule has 4 heterocycles. The van der Waals surface area contributed by atoms with Gasteiger partial charge in [0.25, 0.3) is 0 Å². The van der Waals surface area contributed by atoms with Crippen molar-refractivity contribution in [3.8, 4) is 62.4 Å². The van der Waals surface area contributed by atoms with E-state index in [4.69, 9.17) is 24.4 Å². The first kappa shape index (κ1) is 33.4. The molecular formula is C52H31N5OS. The van der Waals surface area contributed by atoms with Gasteiger partial charge in [0.05, 0.1) is 11.0 Å². The number of fused-ring (bicyclic) bond motifs is 7. The first-order valence-electron chi connectivity index (χ1n) is 19.5. The molecule has 4 aromatic heterocycles. The number of nitrogens with zero attached hydrogens (tertiary/aromatic N) is 5. The van der Waals surface area contributed by atoms with E-state index in [0.29, 0.717) is 28.9 Å². The summed E-state index contributed by atoms with van der Waals surface area (Å²) in [6.45, 7) is 0. The summed E-state index contributed by atoms with van der Waals surface area (Å²) in [5.74, 6) is 2.36. The summed E-state index contributed by atoms with van der Waals surface area (Å²) < 4.78 is 11.3. The molecule has 0 amide bonds. The van der Waals surface area contributed by atoms with Gasteiger partial charge < -0.3 is 8.98 Å².